The molecule has 180 valence electrons. The van der Waals surface area contributed by atoms with Crippen LogP contribution in [0.25, 0.3) is 0 Å². The highest BCUT2D eigenvalue weighted by Gasteiger charge is 2.55. The van der Waals surface area contributed by atoms with Crippen LogP contribution in [0.15, 0.2) is 28.6 Å². The van der Waals surface area contributed by atoms with Gasteiger partial charge in [-0.15, -0.1) is 0 Å². The van der Waals surface area contributed by atoms with Crippen LogP contribution in [0, 0.1) is 23.2 Å². The van der Waals surface area contributed by atoms with Gasteiger partial charge in [-0.25, -0.2) is 14.2 Å². The van der Waals surface area contributed by atoms with E-state index in [1.165, 1.54) is 6.07 Å². The number of aromatic nitrogens is 2. The van der Waals surface area contributed by atoms with Crippen LogP contribution in [0.2, 0.25) is 0 Å². The number of nitrogens with two attached hydrogens (primary N) is 3. The number of aliphatic hydroxyl groups is 1. The molecule has 4 atom stereocenters. The fraction of sp³-hybridized carbons (Fsp3) is 0.550. The van der Waals surface area contributed by atoms with Crippen molar-refractivity contribution < 1.29 is 28.9 Å². The molecule has 0 saturated heterocycles. The first-order valence-corrected chi connectivity index (χ1v) is 10.1. The Balaban J connectivity index is 2.47. The molecule has 1 aliphatic heterocycles. The minimum Gasteiger partial charge on any atom is -0.456 e. The standard InChI is InChI=1S/C20H28N6O7/c1-9(2)13(23)17(28)31-7-11-15(32-18(29)14(24)10(3)4)16(27)20(8-21,33-11)26-6-5-12(22)25-19(26)30/h5-6,9-10,13-14,16,27H,7,23-24H2,1-4H3,(H2,22,25,30)/t13-,14-,16?,20-/m1/s1. The number of aliphatic hydroxyl groups excluding tert-OH is 1. The predicted molar refractivity (Wildman–Crippen MR) is 113 cm³/mol. The molecule has 0 bridgehead atoms. The zero-order valence-electron chi connectivity index (χ0n) is 18.7. The minimum atomic E-state index is -2.42. The third-order valence-electron chi connectivity index (χ3n) is 5.05. The van der Waals surface area contributed by atoms with Gasteiger partial charge >= 0.3 is 23.4 Å². The van der Waals surface area contributed by atoms with Gasteiger partial charge in [0.1, 0.15) is 24.0 Å². The molecule has 0 fully saturated rings. The molecule has 0 saturated carbocycles. The predicted octanol–water partition coefficient (Wildman–Crippen LogP) is -1.34. The second-order valence-electron chi connectivity index (χ2n) is 8.17. The number of ether oxygens (including phenoxy) is 3. The van der Waals surface area contributed by atoms with Crippen LogP contribution in [-0.2, 0) is 29.5 Å². The number of anilines is 1. The van der Waals surface area contributed by atoms with Crippen molar-refractivity contribution in [2.45, 2.75) is 51.6 Å². The summed E-state index contributed by atoms with van der Waals surface area (Å²) in [6.07, 6.45) is -0.901. The molecule has 7 N–H and O–H groups in total. The molecular formula is C20H28N6O7. The number of nitrogens with zero attached hydrogens (tertiary/aromatic N) is 3. The van der Waals surface area contributed by atoms with E-state index in [4.69, 9.17) is 31.4 Å². The molecule has 0 amide bonds. The van der Waals surface area contributed by atoms with Crippen molar-refractivity contribution in [3.8, 4) is 6.07 Å². The number of nitrogen functional groups attached to an aromatic ring is 1. The summed E-state index contributed by atoms with van der Waals surface area (Å²) in [5.74, 6) is -3.30. The van der Waals surface area contributed by atoms with Crippen LogP contribution in [0.1, 0.15) is 27.7 Å². The van der Waals surface area contributed by atoms with Gasteiger partial charge in [0, 0.05) is 6.20 Å². The molecule has 1 unspecified atom stereocenters. The Hall–Kier alpha value is -3.47. The molecule has 1 aliphatic rings. The largest absolute Gasteiger partial charge is 0.456 e. The van der Waals surface area contributed by atoms with E-state index in [-0.39, 0.29) is 23.4 Å². The average Bonchev–Trinajstić information content (AvgIpc) is 3.02. The van der Waals surface area contributed by atoms with E-state index >= 15 is 0 Å². The van der Waals surface area contributed by atoms with E-state index in [1.807, 2.05) is 0 Å². The Morgan fingerprint density at radius 2 is 1.85 bits per heavy atom. The first-order valence-electron chi connectivity index (χ1n) is 10.1. The maximum absolute atomic E-state index is 12.5. The van der Waals surface area contributed by atoms with E-state index in [9.17, 15) is 24.8 Å². The second-order valence-corrected chi connectivity index (χ2v) is 8.17. The molecule has 0 aliphatic carbocycles. The molecule has 13 heteroatoms. The van der Waals surface area contributed by atoms with Crippen LogP contribution < -0.4 is 22.9 Å². The third-order valence-corrected chi connectivity index (χ3v) is 5.05. The molecule has 2 rings (SSSR count). The average molecular weight is 464 g/mol. The number of carbonyl (C=O) groups excluding carboxylic acids is 2. The lowest BCUT2D eigenvalue weighted by Gasteiger charge is -2.27. The van der Waals surface area contributed by atoms with Gasteiger partial charge in [0.2, 0.25) is 0 Å². The highest BCUT2D eigenvalue weighted by Crippen LogP contribution is 2.38. The molecule has 2 heterocycles. The van der Waals surface area contributed by atoms with Crippen molar-refractivity contribution in [2.24, 2.45) is 23.3 Å². The van der Waals surface area contributed by atoms with Gasteiger partial charge in [0.05, 0.1) is 0 Å². The normalized spacial score (nSPS) is 22.0. The monoisotopic (exact) mass is 464 g/mol. The van der Waals surface area contributed by atoms with Crippen LogP contribution >= 0.6 is 0 Å². The van der Waals surface area contributed by atoms with Gasteiger partial charge in [0.25, 0.3) is 0 Å². The van der Waals surface area contributed by atoms with Gasteiger partial charge in [-0.1, -0.05) is 27.7 Å². The molecule has 0 spiro atoms. The van der Waals surface area contributed by atoms with Crippen molar-refractivity contribution in [1.29, 1.82) is 5.26 Å². The molecular weight excluding hydrogens is 436 g/mol. The summed E-state index contributed by atoms with van der Waals surface area (Å²) in [5, 5.41) is 20.8. The van der Waals surface area contributed by atoms with Crippen molar-refractivity contribution in [2.75, 3.05) is 12.3 Å². The maximum Gasteiger partial charge on any atom is 0.353 e. The molecule has 1 aromatic rings. The number of esters is 2. The van der Waals surface area contributed by atoms with Crippen molar-refractivity contribution in [1.82, 2.24) is 9.55 Å². The molecule has 1 aromatic heterocycles. The van der Waals surface area contributed by atoms with Gasteiger partial charge in [-0.3, -0.25) is 4.79 Å². The maximum atomic E-state index is 12.5. The molecule has 0 aromatic carbocycles. The van der Waals surface area contributed by atoms with Gasteiger partial charge < -0.3 is 36.5 Å². The summed E-state index contributed by atoms with van der Waals surface area (Å²) in [7, 11) is 0. The summed E-state index contributed by atoms with van der Waals surface area (Å²) < 4.78 is 16.6. The zero-order valence-corrected chi connectivity index (χ0v) is 18.7. The van der Waals surface area contributed by atoms with Crippen molar-refractivity contribution in [3.63, 3.8) is 0 Å². The summed E-state index contributed by atoms with van der Waals surface area (Å²) in [4.78, 5) is 40.5. The van der Waals surface area contributed by atoms with Crippen molar-refractivity contribution in [3.05, 3.63) is 34.3 Å². The number of hydrogen-bond acceptors (Lipinski definition) is 12. The number of carbonyl (C=O) groups is 2. The Kier molecular flexibility index (Phi) is 7.80. The Bertz CT molecular complexity index is 1040. The first kappa shape index (κ1) is 25.8. The van der Waals surface area contributed by atoms with Crippen molar-refractivity contribution >= 4 is 17.8 Å². The summed E-state index contributed by atoms with van der Waals surface area (Å²) in [5.41, 5.74) is 13.6. The van der Waals surface area contributed by atoms with E-state index in [1.54, 1.807) is 33.8 Å². The van der Waals surface area contributed by atoms with Crippen LogP contribution in [0.5, 0.6) is 0 Å². The number of hydrogen-bond donors (Lipinski definition) is 4. The minimum absolute atomic E-state index is 0.129. The fourth-order valence-electron chi connectivity index (χ4n) is 2.78. The summed E-state index contributed by atoms with van der Waals surface area (Å²) in [6.45, 7) is 6.13. The van der Waals surface area contributed by atoms with Crippen LogP contribution in [-0.4, -0.2) is 51.4 Å². The zero-order chi connectivity index (χ0) is 25.1. The van der Waals surface area contributed by atoms with E-state index < -0.39 is 53.9 Å². The quantitative estimate of drug-likeness (QED) is 0.328. The van der Waals surface area contributed by atoms with E-state index in [0.29, 0.717) is 4.57 Å². The Morgan fingerprint density at radius 1 is 1.27 bits per heavy atom. The number of rotatable bonds is 8. The third kappa shape index (κ3) is 5.14. The lowest BCUT2D eigenvalue weighted by Crippen LogP contribution is -2.49. The highest BCUT2D eigenvalue weighted by atomic mass is 16.6. The van der Waals surface area contributed by atoms with E-state index in [0.717, 1.165) is 6.20 Å². The lowest BCUT2D eigenvalue weighted by atomic mass is 10.1. The first-order chi connectivity index (χ1) is 15.3. The lowest BCUT2D eigenvalue weighted by molar-refractivity contribution is -0.148. The van der Waals surface area contributed by atoms with Gasteiger partial charge in [-0.05, 0) is 17.9 Å². The summed E-state index contributed by atoms with van der Waals surface area (Å²) in [6, 6.07) is 0.878. The second kappa shape index (κ2) is 9.99. The smallest absolute Gasteiger partial charge is 0.353 e. The molecule has 13 nitrogen and oxygen atoms in total. The van der Waals surface area contributed by atoms with Crippen LogP contribution in [0.3, 0.4) is 0 Å². The topological polar surface area (TPSA) is 219 Å². The Morgan fingerprint density at radius 3 is 2.36 bits per heavy atom. The van der Waals surface area contributed by atoms with Crippen LogP contribution in [0.4, 0.5) is 5.82 Å². The molecule has 33 heavy (non-hydrogen) atoms. The Labute approximate surface area is 189 Å². The summed E-state index contributed by atoms with van der Waals surface area (Å²) >= 11 is 0. The van der Waals surface area contributed by atoms with Gasteiger partial charge in [-0.2, -0.15) is 10.2 Å². The SMILES string of the molecule is CC(C)[C@@H](N)C(=O)OCC1=C(OC(=O)[C@H](N)C(C)C)C(O)[C@](C#N)(n2ccc(N)nc2=O)O1. The van der Waals surface area contributed by atoms with E-state index in [2.05, 4.69) is 4.98 Å². The van der Waals surface area contributed by atoms with Gasteiger partial charge in [0.15, 0.2) is 24.2 Å². The molecule has 0 radical (unpaired) electrons. The fourth-order valence-corrected chi connectivity index (χ4v) is 2.78. The highest BCUT2D eigenvalue weighted by molar-refractivity contribution is 5.77. The number of nitriles is 1.